The van der Waals surface area contributed by atoms with Crippen molar-refractivity contribution in [2.45, 2.75) is 32.2 Å². The SMILES string of the molecule is COCc1nccc2oc(-c3nc(COC4CCN(C(=O)O)CC4)no3)cc12. The fraction of sp³-hybridized carbons (Fsp3) is 0.444. The Morgan fingerprint density at radius 2 is 2.18 bits per heavy atom. The second-order valence-electron chi connectivity index (χ2n) is 6.51. The molecule has 0 aromatic carbocycles. The predicted octanol–water partition coefficient (Wildman–Crippen LogP) is 2.68. The minimum Gasteiger partial charge on any atom is -0.465 e. The summed E-state index contributed by atoms with van der Waals surface area (Å²) in [5.41, 5.74) is 1.43. The maximum absolute atomic E-state index is 10.9. The molecule has 3 aromatic heterocycles. The summed E-state index contributed by atoms with van der Waals surface area (Å²) in [5.74, 6) is 1.12. The quantitative estimate of drug-likeness (QED) is 0.678. The number of ether oxygens (including phenoxy) is 2. The number of pyridine rings is 1. The molecular weight excluding hydrogens is 368 g/mol. The zero-order valence-corrected chi connectivity index (χ0v) is 15.3. The summed E-state index contributed by atoms with van der Waals surface area (Å²) >= 11 is 0. The Bertz CT molecular complexity index is 960. The van der Waals surface area contributed by atoms with Gasteiger partial charge in [-0.3, -0.25) is 4.98 Å². The van der Waals surface area contributed by atoms with Gasteiger partial charge in [-0.25, -0.2) is 4.79 Å². The molecular formula is C18H20N4O6. The van der Waals surface area contributed by atoms with Gasteiger partial charge in [-0.05, 0) is 25.0 Å². The largest absolute Gasteiger partial charge is 0.465 e. The summed E-state index contributed by atoms with van der Waals surface area (Å²) < 4.78 is 22.0. The number of amides is 1. The van der Waals surface area contributed by atoms with Crippen LogP contribution in [0.25, 0.3) is 22.6 Å². The third kappa shape index (κ3) is 3.82. The smallest absolute Gasteiger partial charge is 0.407 e. The second kappa shape index (κ2) is 7.95. The van der Waals surface area contributed by atoms with Gasteiger partial charge in [0.1, 0.15) is 12.2 Å². The Labute approximate surface area is 160 Å². The Kier molecular flexibility index (Phi) is 5.22. The Balaban J connectivity index is 1.40. The normalized spacial score (nSPS) is 15.4. The number of carboxylic acid groups (broad SMARTS) is 1. The number of nitrogens with zero attached hydrogens (tertiary/aromatic N) is 4. The minimum atomic E-state index is -0.893. The molecule has 1 fully saturated rings. The van der Waals surface area contributed by atoms with Crippen LogP contribution in [0.15, 0.2) is 27.3 Å². The van der Waals surface area contributed by atoms with Crippen molar-refractivity contribution in [3.05, 3.63) is 29.8 Å². The minimum absolute atomic E-state index is 0.0218. The van der Waals surface area contributed by atoms with Crippen LogP contribution < -0.4 is 0 Å². The fourth-order valence-corrected chi connectivity index (χ4v) is 3.19. The van der Waals surface area contributed by atoms with Crippen LogP contribution in [0, 0.1) is 0 Å². The Morgan fingerprint density at radius 1 is 1.36 bits per heavy atom. The van der Waals surface area contributed by atoms with Crippen molar-refractivity contribution in [3.8, 4) is 11.7 Å². The van der Waals surface area contributed by atoms with Crippen molar-refractivity contribution >= 4 is 17.1 Å². The molecule has 28 heavy (non-hydrogen) atoms. The van der Waals surface area contributed by atoms with Crippen LogP contribution in [0.4, 0.5) is 4.79 Å². The summed E-state index contributed by atoms with van der Waals surface area (Å²) in [7, 11) is 1.61. The number of hydrogen-bond donors (Lipinski definition) is 1. The average molecular weight is 388 g/mol. The lowest BCUT2D eigenvalue weighted by molar-refractivity contribution is -0.00294. The highest BCUT2D eigenvalue weighted by atomic mass is 16.5. The maximum atomic E-state index is 10.9. The van der Waals surface area contributed by atoms with Gasteiger partial charge in [0.15, 0.2) is 11.6 Å². The van der Waals surface area contributed by atoms with Gasteiger partial charge in [-0.2, -0.15) is 4.98 Å². The summed E-state index contributed by atoms with van der Waals surface area (Å²) in [6.07, 6.45) is 2.04. The number of furan rings is 1. The number of likely N-dealkylation sites (tertiary alicyclic amines) is 1. The van der Waals surface area contributed by atoms with E-state index in [4.69, 9.17) is 23.5 Å². The number of methoxy groups -OCH3 is 1. The highest BCUT2D eigenvalue weighted by Crippen LogP contribution is 2.28. The van der Waals surface area contributed by atoms with Crippen molar-refractivity contribution in [3.63, 3.8) is 0 Å². The molecule has 3 aromatic rings. The number of fused-ring (bicyclic) bond motifs is 1. The lowest BCUT2D eigenvalue weighted by atomic mass is 10.1. The monoisotopic (exact) mass is 388 g/mol. The summed E-state index contributed by atoms with van der Waals surface area (Å²) in [6, 6.07) is 3.57. The first kappa shape index (κ1) is 18.4. The lowest BCUT2D eigenvalue weighted by Crippen LogP contribution is -2.40. The zero-order chi connectivity index (χ0) is 19.5. The first-order valence-corrected chi connectivity index (χ1v) is 8.93. The predicted molar refractivity (Wildman–Crippen MR) is 95.4 cm³/mol. The van der Waals surface area contributed by atoms with E-state index in [1.165, 1.54) is 4.90 Å². The number of rotatable bonds is 6. The van der Waals surface area contributed by atoms with Crippen LogP contribution >= 0.6 is 0 Å². The molecule has 0 unspecified atom stereocenters. The van der Waals surface area contributed by atoms with E-state index in [0.717, 1.165) is 11.1 Å². The van der Waals surface area contributed by atoms with Crippen molar-refractivity contribution in [1.29, 1.82) is 0 Å². The summed E-state index contributed by atoms with van der Waals surface area (Å²) in [4.78, 5) is 20.9. The van der Waals surface area contributed by atoms with Gasteiger partial charge in [-0.15, -0.1) is 0 Å². The van der Waals surface area contributed by atoms with Gasteiger partial charge in [-0.1, -0.05) is 5.16 Å². The Morgan fingerprint density at radius 3 is 2.93 bits per heavy atom. The fourth-order valence-electron chi connectivity index (χ4n) is 3.19. The molecule has 10 nitrogen and oxygen atoms in total. The third-order valence-corrected chi connectivity index (χ3v) is 4.65. The van der Waals surface area contributed by atoms with E-state index in [0.29, 0.717) is 49.7 Å². The summed E-state index contributed by atoms with van der Waals surface area (Å²) in [5, 5.41) is 13.7. The molecule has 148 valence electrons. The first-order valence-electron chi connectivity index (χ1n) is 8.93. The van der Waals surface area contributed by atoms with Crippen LogP contribution in [-0.4, -0.2) is 57.5 Å². The van der Waals surface area contributed by atoms with Crippen LogP contribution in [0.2, 0.25) is 0 Å². The van der Waals surface area contributed by atoms with Gasteiger partial charge >= 0.3 is 6.09 Å². The number of carbonyl (C=O) groups is 1. The van der Waals surface area contributed by atoms with Crippen molar-refractivity contribution in [2.75, 3.05) is 20.2 Å². The number of aromatic nitrogens is 3. The van der Waals surface area contributed by atoms with E-state index >= 15 is 0 Å². The molecule has 0 aliphatic carbocycles. The molecule has 1 saturated heterocycles. The van der Waals surface area contributed by atoms with Gasteiger partial charge in [0, 0.05) is 31.8 Å². The molecule has 0 saturated carbocycles. The van der Waals surface area contributed by atoms with Crippen LogP contribution in [-0.2, 0) is 22.7 Å². The molecule has 0 radical (unpaired) electrons. The van der Waals surface area contributed by atoms with E-state index in [1.54, 1.807) is 25.4 Å². The van der Waals surface area contributed by atoms with Gasteiger partial charge in [0.2, 0.25) is 0 Å². The van der Waals surface area contributed by atoms with Crippen LogP contribution in [0.5, 0.6) is 0 Å². The van der Waals surface area contributed by atoms with E-state index < -0.39 is 6.09 Å². The molecule has 4 rings (SSSR count). The standard InChI is InChI=1S/C18H20N4O6/c1-25-9-13-12-8-15(27-14(12)2-5-19-13)17-20-16(21-28-17)10-26-11-3-6-22(7-4-11)18(23)24/h2,5,8,11H,3-4,6-7,9-10H2,1H3,(H,23,24). The molecule has 10 heteroatoms. The molecule has 1 aliphatic rings. The topological polar surface area (TPSA) is 124 Å². The van der Waals surface area contributed by atoms with Gasteiger partial charge in [0.25, 0.3) is 5.89 Å². The first-order chi connectivity index (χ1) is 13.6. The average Bonchev–Trinajstić information content (AvgIpc) is 3.34. The molecule has 0 atom stereocenters. The molecule has 0 bridgehead atoms. The number of hydrogen-bond acceptors (Lipinski definition) is 8. The van der Waals surface area contributed by atoms with Crippen molar-refractivity contribution < 1.29 is 28.3 Å². The van der Waals surface area contributed by atoms with Gasteiger partial charge < -0.3 is 28.4 Å². The molecule has 4 heterocycles. The van der Waals surface area contributed by atoms with E-state index in [9.17, 15) is 4.79 Å². The number of piperidine rings is 1. The maximum Gasteiger partial charge on any atom is 0.407 e. The van der Waals surface area contributed by atoms with Crippen molar-refractivity contribution in [1.82, 2.24) is 20.0 Å². The van der Waals surface area contributed by atoms with E-state index in [2.05, 4.69) is 15.1 Å². The van der Waals surface area contributed by atoms with Gasteiger partial charge in [0.05, 0.1) is 18.4 Å². The highest BCUT2D eigenvalue weighted by molar-refractivity contribution is 5.83. The molecule has 0 spiro atoms. The third-order valence-electron chi connectivity index (χ3n) is 4.65. The Hall–Kier alpha value is -2.98. The highest BCUT2D eigenvalue weighted by Gasteiger charge is 2.23. The van der Waals surface area contributed by atoms with Crippen LogP contribution in [0.1, 0.15) is 24.4 Å². The van der Waals surface area contributed by atoms with E-state index in [1.807, 2.05) is 0 Å². The van der Waals surface area contributed by atoms with E-state index in [-0.39, 0.29) is 18.6 Å². The van der Waals surface area contributed by atoms with Crippen molar-refractivity contribution in [2.24, 2.45) is 0 Å². The van der Waals surface area contributed by atoms with Crippen LogP contribution in [0.3, 0.4) is 0 Å². The lowest BCUT2D eigenvalue weighted by Gasteiger charge is -2.29. The molecule has 1 N–H and O–H groups in total. The zero-order valence-electron chi connectivity index (χ0n) is 15.3. The molecule has 1 amide bonds. The summed E-state index contributed by atoms with van der Waals surface area (Å²) in [6.45, 7) is 1.50. The molecule has 1 aliphatic heterocycles. The second-order valence-corrected chi connectivity index (χ2v) is 6.51.